The molecule has 1 N–H and O–H groups in total. The number of carbonyl (C=O) groups excluding carboxylic acids is 2. The van der Waals surface area contributed by atoms with Gasteiger partial charge >= 0.3 is 0 Å². The van der Waals surface area contributed by atoms with E-state index in [4.69, 9.17) is 11.6 Å². The van der Waals surface area contributed by atoms with Gasteiger partial charge in [0.2, 0.25) is 0 Å². The minimum Gasteiger partial charge on any atom is -0.335 e. The van der Waals surface area contributed by atoms with E-state index >= 15 is 0 Å². The van der Waals surface area contributed by atoms with Gasteiger partial charge in [0.1, 0.15) is 5.82 Å². The molecule has 0 spiro atoms. The van der Waals surface area contributed by atoms with Gasteiger partial charge in [-0.05, 0) is 23.8 Å². The third-order valence-corrected chi connectivity index (χ3v) is 5.76. The normalized spacial score (nSPS) is 14.5. The standard InChI is InChI=1S/C23H24ClN5O2/c1-27-21(25-22(30)17-7-3-2-4-8-17)15-20(26-27)23(31)29-13-11-28(12-14-29)16-18-9-5-6-10-19(18)24/h2-10,15H,11-14,16H2,1H3,(H,25,30). The van der Waals surface area contributed by atoms with Gasteiger partial charge in [0, 0.05) is 56.4 Å². The van der Waals surface area contributed by atoms with Crippen molar-refractivity contribution >= 4 is 29.2 Å². The van der Waals surface area contributed by atoms with E-state index in [9.17, 15) is 9.59 Å². The number of nitrogens with zero attached hydrogens (tertiary/aromatic N) is 4. The number of anilines is 1. The SMILES string of the molecule is Cn1nc(C(=O)N2CCN(Cc3ccccc3Cl)CC2)cc1NC(=O)c1ccccc1. The third-order valence-electron chi connectivity index (χ3n) is 5.39. The largest absolute Gasteiger partial charge is 0.335 e. The fourth-order valence-electron chi connectivity index (χ4n) is 3.61. The fourth-order valence-corrected chi connectivity index (χ4v) is 3.80. The number of amides is 2. The topological polar surface area (TPSA) is 70.5 Å². The zero-order valence-corrected chi connectivity index (χ0v) is 18.0. The maximum absolute atomic E-state index is 12.9. The summed E-state index contributed by atoms with van der Waals surface area (Å²) in [5.41, 5.74) is 1.96. The van der Waals surface area contributed by atoms with Crippen molar-refractivity contribution in [1.29, 1.82) is 0 Å². The van der Waals surface area contributed by atoms with Crippen LogP contribution < -0.4 is 5.32 Å². The molecule has 3 aromatic rings. The zero-order valence-electron chi connectivity index (χ0n) is 17.3. The molecular formula is C23H24ClN5O2. The maximum Gasteiger partial charge on any atom is 0.274 e. The molecule has 2 aromatic carbocycles. The van der Waals surface area contributed by atoms with Crippen molar-refractivity contribution in [3.63, 3.8) is 0 Å². The van der Waals surface area contributed by atoms with Crippen molar-refractivity contribution in [2.45, 2.75) is 6.54 Å². The molecular weight excluding hydrogens is 414 g/mol. The van der Waals surface area contributed by atoms with Crippen molar-refractivity contribution in [2.75, 3.05) is 31.5 Å². The third kappa shape index (κ3) is 4.95. The van der Waals surface area contributed by atoms with E-state index in [1.807, 2.05) is 30.3 Å². The van der Waals surface area contributed by atoms with Crippen LogP contribution in [0.25, 0.3) is 0 Å². The van der Waals surface area contributed by atoms with Crippen LogP contribution in [0.4, 0.5) is 5.82 Å². The lowest BCUT2D eigenvalue weighted by Gasteiger charge is -2.34. The van der Waals surface area contributed by atoms with Crippen LogP contribution in [0.1, 0.15) is 26.4 Å². The van der Waals surface area contributed by atoms with Crippen LogP contribution in [0.5, 0.6) is 0 Å². The molecule has 31 heavy (non-hydrogen) atoms. The lowest BCUT2D eigenvalue weighted by Crippen LogP contribution is -2.48. The first-order valence-corrected chi connectivity index (χ1v) is 10.5. The Morgan fingerprint density at radius 2 is 1.68 bits per heavy atom. The molecule has 160 valence electrons. The van der Waals surface area contributed by atoms with Gasteiger partial charge in [0.15, 0.2) is 5.69 Å². The second kappa shape index (κ2) is 9.32. The van der Waals surface area contributed by atoms with Crippen molar-refractivity contribution in [3.8, 4) is 0 Å². The van der Waals surface area contributed by atoms with Gasteiger partial charge in [-0.2, -0.15) is 5.10 Å². The minimum atomic E-state index is -0.240. The van der Waals surface area contributed by atoms with E-state index in [1.54, 1.807) is 42.3 Å². The highest BCUT2D eigenvalue weighted by atomic mass is 35.5. The number of benzene rings is 2. The van der Waals surface area contributed by atoms with E-state index in [0.717, 1.165) is 30.2 Å². The Labute approximate surface area is 186 Å². The molecule has 7 nitrogen and oxygen atoms in total. The number of hydrogen-bond acceptors (Lipinski definition) is 4. The van der Waals surface area contributed by atoms with Crippen LogP contribution in [-0.2, 0) is 13.6 Å². The van der Waals surface area contributed by atoms with Crippen LogP contribution >= 0.6 is 11.6 Å². The fraction of sp³-hybridized carbons (Fsp3) is 0.261. The number of carbonyl (C=O) groups is 2. The van der Waals surface area contributed by atoms with Crippen molar-refractivity contribution in [3.05, 3.63) is 82.5 Å². The number of nitrogens with one attached hydrogen (secondary N) is 1. The smallest absolute Gasteiger partial charge is 0.274 e. The Kier molecular flexibility index (Phi) is 6.34. The van der Waals surface area contributed by atoms with Gasteiger partial charge in [-0.15, -0.1) is 0 Å². The predicted molar refractivity (Wildman–Crippen MR) is 120 cm³/mol. The summed E-state index contributed by atoms with van der Waals surface area (Å²) in [4.78, 5) is 29.4. The molecule has 0 atom stereocenters. The molecule has 8 heteroatoms. The number of halogens is 1. The number of rotatable bonds is 5. The Hall–Kier alpha value is -3.16. The molecule has 1 aliphatic rings. The van der Waals surface area contributed by atoms with E-state index < -0.39 is 0 Å². The monoisotopic (exact) mass is 437 g/mol. The van der Waals surface area contributed by atoms with E-state index in [2.05, 4.69) is 15.3 Å². The molecule has 1 fully saturated rings. The van der Waals surface area contributed by atoms with Crippen molar-refractivity contribution in [2.24, 2.45) is 7.05 Å². The number of piperazine rings is 1. The first kappa shape index (κ1) is 21.1. The summed E-state index contributed by atoms with van der Waals surface area (Å²) < 4.78 is 1.52. The van der Waals surface area contributed by atoms with Gasteiger partial charge in [-0.3, -0.25) is 19.2 Å². The van der Waals surface area contributed by atoms with Crippen LogP contribution in [0, 0.1) is 0 Å². The predicted octanol–water partition coefficient (Wildman–Crippen LogP) is 3.28. The first-order chi connectivity index (χ1) is 15.0. The summed E-state index contributed by atoms with van der Waals surface area (Å²) in [6.45, 7) is 3.53. The van der Waals surface area contributed by atoms with Crippen molar-refractivity contribution < 1.29 is 9.59 Å². The molecule has 0 aliphatic carbocycles. The van der Waals surface area contributed by atoms with Crippen LogP contribution in [0.3, 0.4) is 0 Å². The lowest BCUT2D eigenvalue weighted by atomic mass is 10.2. The van der Waals surface area contributed by atoms with E-state index in [-0.39, 0.29) is 11.8 Å². The Morgan fingerprint density at radius 1 is 1.00 bits per heavy atom. The molecule has 0 radical (unpaired) electrons. The average molecular weight is 438 g/mol. The summed E-state index contributed by atoms with van der Waals surface area (Å²) in [5, 5.41) is 7.89. The van der Waals surface area contributed by atoms with Gasteiger partial charge in [-0.25, -0.2) is 0 Å². The zero-order chi connectivity index (χ0) is 21.8. The molecule has 0 saturated carbocycles. The minimum absolute atomic E-state index is 0.131. The molecule has 0 unspecified atom stereocenters. The van der Waals surface area contributed by atoms with Gasteiger partial charge < -0.3 is 10.2 Å². The molecule has 2 amide bonds. The molecule has 1 saturated heterocycles. The number of hydrogen-bond donors (Lipinski definition) is 1. The first-order valence-electron chi connectivity index (χ1n) is 10.2. The maximum atomic E-state index is 12.9. The molecule has 1 aliphatic heterocycles. The second-order valence-electron chi connectivity index (χ2n) is 7.52. The van der Waals surface area contributed by atoms with Gasteiger partial charge in [-0.1, -0.05) is 48.0 Å². The Balaban J connectivity index is 1.35. The highest BCUT2D eigenvalue weighted by Gasteiger charge is 2.25. The summed E-state index contributed by atoms with van der Waals surface area (Å²) in [7, 11) is 1.71. The van der Waals surface area contributed by atoms with E-state index in [0.29, 0.717) is 30.2 Å². The number of aryl methyl sites for hydroxylation is 1. The van der Waals surface area contributed by atoms with E-state index in [1.165, 1.54) is 4.68 Å². The molecule has 1 aromatic heterocycles. The summed E-state index contributed by atoms with van der Waals surface area (Å²) in [6, 6.07) is 18.4. The highest BCUT2D eigenvalue weighted by Crippen LogP contribution is 2.19. The molecule has 0 bridgehead atoms. The molecule has 2 heterocycles. The second-order valence-corrected chi connectivity index (χ2v) is 7.93. The van der Waals surface area contributed by atoms with Crippen LogP contribution in [0.2, 0.25) is 5.02 Å². The lowest BCUT2D eigenvalue weighted by molar-refractivity contribution is 0.0622. The highest BCUT2D eigenvalue weighted by molar-refractivity contribution is 6.31. The van der Waals surface area contributed by atoms with Crippen LogP contribution in [-0.4, -0.2) is 57.6 Å². The number of aromatic nitrogens is 2. The average Bonchev–Trinajstić information content (AvgIpc) is 3.16. The van der Waals surface area contributed by atoms with Crippen molar-refractivity contribution in [1.82, 2.24) is 19.6 Å². The van der Waals surface area contributed by atoms with Gasteiger partial charge in [0.25, 0.3) is 11.8 Å². The summed E-state index contributed by atoms with van der Waals surface area (Å²) in [5.74, 6) is 0.110. The van der Waals surface area contributed by atoms with Crippen LogP contribution in [0.15, 0.2) is 60.7 Å². The van der Waals surface area contributed by atoms with Gasteiger partial charge in [0.05, 0.1) is 0 Å². The summed E-state index contributed by atoms with van der Waals surface area (Å²) >= 11 is 6.26. The Morgan fingerprint density at radius 3 is 2.39 bits per heavy atom. The Bertz CT molecular complexity index is 1070. The molecule has 4 rings (SSSR count). The summed E-state index contributed by atoms with van der Waals surface area (Å²) in [6.07, 6.45) is 0. The quantitative estimate of drug-likeness (QED) is 0.665.